The van der Waals surface area contributed by atoms with Gasteiger partial charge in [-0.25, -0.2) is 0 Å². The number of rotatable bonds is 5. The molecule has 3 aromatic rings. The van der Waals surface area contributed by atoms with Crippen molar-refractivity contribution in [2.24, 2.45) is 0 Å². The van der Waals surface area contributed by atoms with E-state index < -0.39 is 0 Å². The van der Waals surface area contributed by atoms with Crippen molar-refractivity contribution in [3.8, 4) is 11.4 Å². The number of halogens is 1. The first-order valence-electron chi connectivity index (χ1n) is 10.3. The number of piperazine rings is 1. The van der Waals surface area contributed by atoms with Crippen molar-refractivity contribution in [3.63, 3.8) is 0 Å². The van der Waals surface area contributed by atoms with Gasteiger partial charge in [0, 0.05) is 42.3 Å². The predicted molar refractivity (Wildman–Crippen MR) is 116 cm³/mol. The molecule has 1 fully saturated rings. The number of nitrogens with zero attached hydrogens (tertiary/aromatic N) is 4. The molecule has 30 heavy (non-hydrogen) atoms. The van der Waals surface area contributed by atoms with E-state index in [1.54, 1.807) is 0 Å². The number of benzene rings is 2. The van der Waals surface area contributed by atoms with E-state index in [1.807, 2.05) is 53.4 Å². The van der Waals surface area contributed by atoms with Crippen LogP contribution in [0.25, 0.3) is 11.4 Å². The maximum absolute atomic E-state index is 12.8. The van der Waals surface area contributed by atoms with Crippen LogP contribution in [0.1, 0.15) is 41.7 Å². The van der Waals surface area contributed by atoms with Gasteiger partial charge in [0.2, 0.25) is 11.7 Å². The van der Waals surface area contributed by atoms with Crippen molar-refractivity contribution in [3.05, 3.63) is 70.6 Å². The molecule has 0 spiro atoms. The summed E-state index contributed by atoms with van der Waals surface area (Å²) < 4.78 is 5.51. The number of amides is 1. The third kappa shape index (κ3) is 4.40. The van der Waals surface area contributed by atoms with Crippen molar-refractivity contribution in [2.45, 2.75) is 26.3 Å². The topological polar surface area (TPSA) is 62.5 Å². The summed E-state index contributed by atoms with van der Waals surface area (Å²) in [6.07, 6.45) is 0.973. The van der Waals surface area contributed by atoms with Crippen LogP contribution in [0.2, 0.25) is 5.02 Å². The van der Waals surface area contributed by atoms with Crippen LogP contribution in [0.5, 0.6) is 0 Å². The lowest BCUT2D eigenvalue weighted by Gasteiger charge is -2.36. The lowest BCUT2D eigenvalue weighted by Crippen LogP contribution is -2.49. The van der Waals surface area contributed by atoms with Gasteiger partial charge in [0.05, 0.1) is 6.04 Å². The van der Waals surface area contributed by atoms with Gasteiger partial charge in [-0.05, 0) is 55.3 Å². The molecule has 0 unspecified atom stereocenters. The van der Waals surface area contributed by atoms with Gasteiger partial charge in [-0.15, -0.1) is 0 Å². The van der Waals surface area contributed by atoms with Gasteiger partial charge >= 0.3 is 0 Å². The van der Waals surface area contributed by atoms with Gasteiger partial charge in [-0.3, -0.25) is 9.69 Å². The van der Waals surface area contributed by atoms with E-state index in [1.165, 1.54) is 5.56 Å². The number of carbonyl (C=O) groups is 1. The van der Waals surface area contributed by atoms with Gasteiger partial charge in [0.1, 0.15) is 0 Å². The lowest BCUT2D eigenvalue weighted by atomic mass is 10.1. The van der Waals surface area contributed by atoms with E-state index in [9.17, 15) is 4.79 Å². The summed E-state index contributed by atoms with van der Waals surface area (Å²) in [5, 5.41) is 4.78. The molecule has 2 aromatic carbocycles. The summed E-state index contributed by atoms with van der Waals surface area (Å²) in [5.41, 5.74) is 2.85. The SMILES string of the molecule is CCc1ccc(C(=O)N2CCN([C@@H](C)c3nc(-c4ccc(Cl)cc4)no3)CC2)cc1. The summed E-state index contributed by atoms with van der Waals surface area (Å²) in [5.74, 6) is 1.22. The Bertz CT molecular complexity index is 993. The molecule has 0 bridgehead atoms. The predicted octanol–water partition coefficient (Wildman–Crippen LogP) is 4.47. The van der Waals surface area contributed by atoms with E-state index in [0.29, 0.717) is 29.8 Å². The number of aryl methyl sites for hydroxylation is 1. The Balaban J connectivity index is 1.36. The fourth-order valence-electron chi connectivity index (χ4n) is 3.66. The molecular formula is C23H25ClN4O2. The van der Waals surface area contributed by atoms with Crippen molar-refractivity contribution in [1.82, 2.24) is 19.9 Å². The Labute approximate surface area is 181 Å². The minimum Gasteiger partial charge on any atom is -0.337 e. The number of carbonyl (C=O) groups excluding carboxylic acids is 1. The molecule has 1 saturated heterocycles. The Morgan fingerprint density at radius 1 is 1.07 bits per heavy atom. The molecule has 1 atom stereocenters. The first-order valence-corrected chi connectivity index (χ1v) is 10.6. The summed E-state index contributed by atoms with van der Waals surface area (Å²) in [4.78, 5) is 21.5. The van der Waals surface area contributed by atoms with E-state index in [-0.39, 0.29) is 11.9 Å². The molecule has 156 valence electrons. The smallest absolute Gasteiger partial charge is 0.253 e. The first kappa shape index (κ1) is 20.6. The maximum Gasteiger partial charge on any atom is 0.253 e. The summed E-state index contributed by atoms with van der Waals surface area (Å²) in [6.45, 7) is 7.05. The normalized spacial score (nSPS) is 15.9. The molecule has 4 rings (SSSR count). The Morgan fingerprint density at radius 3 is 2.37 bits per heavy atom. The van der Waals surface area contributed by atoms with Gasteiger partial charge in [-0.1, -0.05) is 35.8 Å². The molecule has 2 heterocycles. The molecule has 0 radical (unpaired) electrons. The van der Waals surface area contributed by atoms with Crippen LogP contribution in [0.3, 0.4) is 0 Å². The lowest BCUT2D eigenvalue weighted by molar-refractivity contribution is 0.0551. The second kappa shape index (κ2) is 8.98. The summed E-state index contributed by atoms with van der Waals surface area (Å²) >= 11 is 5.94. The molecule has 0 saturated carbocycles. The summed E-state index contributed by atoms with van der Waals surface area (Å²) in [7, 11) is 0. The molecule has 1 aliphatic heterocycles. The number of hydrogen-bond acceptors (Lipinski definition) is 5. The largest absolute Gasteiger partial charge is 0.337 e. The van der Waals surface area contributed by atoms with E-state index in [0.717, 1.165) is 30.6 Å². The molecule has 0 aliphatic carbocycles. The zero-order valence-electron chi connectivity index (χ0n) is 17.2. The average Bonchev–Trinajstić information content (AvgIpc) is 3.29. The summed E-state index contributed by atoms with van der Waals surface area (Å²) in [6, 6.07) is 15.3. The standard InChI is InChI=1S/C23H25ClN4O2/c1-3-17-4-6-19(7-5-17)23(29)28-14-12-27(13-15-28)16(2)22-25-21(26-30-22)18-8-10-20(24)11-9-18/h4-11,16H,3,12-15H2,1-2H3/t16-/m0/s1. The molecule has 1 aromatic heterocycles. The molecule has 0 N–H and O–H groups in total. The molecule has 1 amide bonds. The molecule has 6 nitrogen and oxygen atoms in total. The van der Waals surface area contributed by atoms with Crippen LogP contribution in [0.15, 0.2) is 53.1 Å². The highest BCUT2D eigenvalue weighted by atomic mass is 35.5. The van der Waals surface area contributed by atoms with Crippen LogP contribution in [-0.4, -0.2) is 52.0 Å². The van der Waals surface area contributed by atoms with E-state index in [4.69, 9.17) is 16.1 Å². The fourth-order valence-corrected chi connectivity index (χ4v) is 3.78. The molecular weight excluding hydrogens is 400 g/mol. The van der Waals surface area contributed by atoms with Crippen LogP contribution in [-0.2, 0) is 6.42 Å². The third-order valence-corrected chi connectivity index (χ3v) is 5.91. The Hall–Kier alpha value is -2.70. The third-order valence-electron chi connectivity index (χ3n) is 5.66. The average molecular weight is 425 g/mol. The van der Waals surface area contributed by atoms with Crippen LogP contribution >= 0.6 is 11.6 Å². The second-order valence-corrected chi connectivity index (χ2v) is 7.95. The zero-order valence-corrected chi connectivity index (χ0v) is 18.0. The van der Waals surface area contributed by atoms with Gasteiger partial charge in [0.15, 0.2) is 0 Å². The highest BCUT2D eigenvalue weighted by molar-refractivity contribution is 6.30. The zero-order chi connectivity index (χ0) is 21.1. The van der Waals surface area contributed by atoms with Crippen molar-refractivity contribution in [1.29, 1.82) is 0 Å². The van der Waals surface area contributed by atoms with Crippen molar-refractivity contribution in [2.75, 3.05) is 26.2 Å². The number of aromatic nitrogens is 2. The number of hydrogen-bond donors (Lipinski definition) is 0. The minimum atomic E-state index is -0.0142. The van der Waals surface area contributed by atoms with Gasteiger partial charge < -0.3 is 9.42 Å². The molecule has 7 heteroatoms. The second-order valence-electron chi connectivity index (χ2n) is 7.52. The van der Waals surface area contributed by atoms with Crippen LogP contribution in [0, 0.1) is 0 Å². The fraction of sp³-hybridized carbons (Fsp3) is 0.348. The Kier molecular flexibility index (Phi) is 6.16. The van der Waals surface area contributed by atoms with E-state index >= 15 is 0 Å². The Morgan fingerprint density at radius 2 is 1.73 bits per heavy atom. The van der Waals surface area contributed by atoms with Crippen molar-refractivity contribution >= 4 is 17.5 Å². The van der Waals surface area contributed by atoms with Gasteiger partial charge in [-0.2, -0.15) is 4.98 Å². The minimum absolute atomic E-state index is 0.0142. The van der Waals surface area contributed by atoms with Crippen LogP contribution < -0.4 is 0 Å². The van der Waals surface area contributed by atoms with Crippen LogP contribution in [0.4, 0.5) is 0 Å². The molecule has 1 aliphatic rings. The maximum atomic E-state index is 12.8. The van der Waals surface area contributed by atoms with E-state index in [2.05, 4.69) is 28.9 Å². The first-order chi connectivity index (χ1) is 14.5. The highest BCUT2D eigenvalue weighted by Crippen LogP contribution is 2.24. The van der Waals surface area contributed by atoms with Crippen molar-refractivity contribution < 1.29 is 9.32 Å². The monoisotopic (exact) mass is 424 g/mol. The quantitative estimate of drug-likeness (QED) is 0.604. The highest BCUT2D eigenvalue weighted by Gasteiger charge is 2.28. The van der Waals surface area contributed by atoms with Gasteiger partial charge in [0.25, 0.3) is 5.91 Å².